The topological polar surface area (TPSA) is 66.9 Å². The second-order valence-electron chi connectivity index (χ2n) is 8.59. The van der Waals surface area contributed by atoms with Crippen molar-refractivity contribution in [1.29, 1.82) is 0 Å². The number of hydrogen-bond donors (Lipinski definition) is 0. The van der Waals surface area contributed by atoms with Gasteiger partial charge in [0, 0.05) is 23.2 Å². The molecule has 0 aromatic heterocycles. The molecule has 0 saturated carbocycles. The molecule has 0 fully saturated rings. The van der Waals surface area contributed by atoms with Crippen molar-refractivity contribution in [3.63, 3.8) is 0 Å². The van der Waals surface area contributed by atoms with Crippen LogP contribution in [0, 0.1) is 6.92 Å². The van der Waals surface area contributed by atoms with Gasteiger partial charge in [0.05, 0.1) is 10.6 Å². The number of fused-ring (bicyclic) bond motifs is 2. The Hall–Kier alpha value is -2.84. The van der Waals surface area contributed by atoms with Gasteiger partial charge in [-0.2, -0.15) is 0 Å². The molecule has 176 valence electrons. The van der Waals surface area contributed by atoms with Gasteiger partial charge in [0.1, 0.15) is 5.75 Å². The number of halogens is 1. The van der Waals surface area contributed by atoms with E-state index >= 15 is 0 Å². The van der Waals surface area contributed by atoms with Crippen molar-refractivity contribution in [2.45, 2.75) is 31.1 Å². The number of rotatable bonds is 5. The van der Waals surface area contributed by atoms with Gasteiger partial charge in [0.2, 0.25) is 0 Å². The molecule has 0 aliphatic carbocycles. The van der Waals surface area contributed by atoms with Gasteiger partial charge in [-0.1, -0.05) is 34.1 Å². The average Bonchev–Trinajstić information content (AvgIpc) is 3.25. The molecule has 5 rings (SSSR count). The van der Waals surface area contributed by atoms with Crippen LogP contribution in [-0.4, -0.2) is 34.0 Å². The van der Waals surface area contributed by atoms with Gasteiger partial charge in [0.25, 0.3) is 15.9 Å². The summed E-state index contributed by atoms with van der Waals surface area (Å²) in [6.45, 7) is 2.77. The van der Waals surface area contributed by atoms with E-state index in [0.29, 0.717) is 24.4 Å². The SMILES string of the molecule is Cc1cc(S(=O)(=O)N2CCCc3ccccc32)ccc1OCC(=O)N1CCc2cc(Br)ccc21. The number of hydrogen-bond acceptors (Lipinski definition) is 4. The molecule has 0 radical (unpaired) electrons. The molecule has 0 atom stereocenters. The monoisotopic (exact) mass is 540 g/mol. The van der Waals surface area contributed by atoms with Gasteiger partial charge in [-0.05, 0) is 85.3 Å². The third-order valence-electron chi connectivity index (χ3n) is 6.39. The smallest absolute Gasteiger partial charge is 0.264 e. The number of carbonyl (C=O) groups is 1. The van der Waals surface area contributed by atoms with Gasteiger partial charge in [0.15, 0.2) is 6.61 Å². The Morgan fingerprint density at radius 2 is 1.79 bits per heavy atom. The predicted molar refractivity (Wildman–Crippen MR) is 136 cm³/mol. The summed E-state index contributed by atoms with van der Waals surface area (Å²) in [5.74, 6) is 0.378. The highest BCUT2D eigenvalue weighted by atomic mass is 79.9. The molecule has 0 unspecified atom stereocenters. The van der Waals surface area contributed by atoms with Crippen LogP contribution in [0.2, 0.25) is 0 Å². The summed E-state index contributed by atoms with van der Waals surface area (Å²) in [6, 6.07) is 18.4. The van der Waals surface area contributed by atoms with Crippen molar-refractivity contribution >= 4 is 43.2 Å². The predicted octanol–water partition coefficient (Wildman–Crippen LogP) is 4.87. The zero-order valence-electron chi connectivity index (χ0n) is 18.8. The Morgan fingerprint density at radius 3 is 2.62 bits per heavy atom. The first-order chi connectivity index (χ1) is 16.3. The third-order valence-corrected chi connectivity index (χ3v) is 8.69. The summed E-state index contributed by atoms with van der Waals surface area (Å²) in [4.78, 5) is 14.8. The number of carbonyl (C=O) groups excluding carboxylic acids is 1. The number of anilines is 2. The van der Waals surface area contributed by atoms with Gasteiger partial charge < -0.3 is 9.64 Å². The zero-order chi connectivity index (χ0) is 23.9. The van der Waals surface area contributed by atoms with Crippen molar-refractivity contribution in [3.8, 4) is 5.75 Å². The first-order valence-corrected chi connectivity index (χ1v) is 13.5. The summed E-state index contributed by atoms with van der Waals surface area (Å²) < 4.78 is 35.1. The molecule has 34 heavy (non-hydrogen) atoms. The summed E-state index contributed by atoms with van der Waals surface area (Å²) in [5, 5.41) is 0. The molecule has 8 heteroatoms. The fraction of sp³-hybridized carbons (Fsp3) is 0.269. The Bertz CT molecular complexity index is 1370. The van der Waals surface area contributed by atoms with E-state index in [1.54, 1.807) is 30.0 Å². The van der Waals surface area contributed by atoms with Gasteiger partial charge in [-0.15, -0.1) is 0 Å². The van der Waals surface area contributed by atoms with E-state index < -0.39 is 10.0 Å². The number of sulfonamides is 1. The number of benzene rings is 3. The summed E-state index contributed by atoms with van der Waals surface area (Å²) in [6.07, 6.45) is 2.47. The molecule has 0 N–H and O–H groups in total. The van der Waals surface area contributed by atoms with Gasteiger partial charge in [-0.3, -0.25) is 9.10 Å². The summed E-state index contributed by atoms with van der Waals surface area (Å²) in [5.41, 5.74) is 4.51. The van der Waals surface area contributed by atoms with Crippen LogP contribution in [0.4, 0.5) is 11.4 Å². The van der Waals surface area contributed by atoms with Crippen LogP contribution in [-0.2, 0) is 27.7 Å². The lowest BCUT2D eigenvalue weighted by Crippen LogP contribution is -2.35. The molecule has 0 spiro atoms. The Morgan fingerprint density at radius 1 is 0.971 bits per heavy atom. The molecule has 3 aromatic rings. The minimum atomic E-state index is -3.70. The molecule has 3 aromatic carbocycles. The van der Waals surface area contributed by atoms with Gasteiger partial charge >= 0.3 is 0 Å². The highest BCUT2D eigenvalue weighted by molar-refractivity contribution is 9.10. The van der Waals surface area contributed by atoms with Crippen LogP contribution in [0.25, 0.3) is 0 Å². The fourth-order valence-corrected chi connectivity index (χ4v) is 6.70. The Kier molecular flexibility index (Phi) is 6.12. The number of aryl methyl sites for hydroxylation is 2. The molecule has 1 amide bonds. The van der Waals surface area contributed by atoms with E-state index in [0.717, 1.165) is 46.2 Å². The minimum Gasteiger partial charge on any atom is -0.483 e. The number of amides is 1. The molecule has 6 nitrogen and oxygen atoms in total. The third kappa shape index (κ3) is 4.20. The molecule has 2 aliphatic heterocycles. The van der Waals surface area contributed by atoms with Crippen LogP contribution >= 0.6 is 15.9 Å². The Labute approximate surface area is 208 Å². The largest absolute Gasteiger partial charge is 0.483 e. The van der Waals surface area contributed by atoms with E-state index in [1.807, 2.05) is 42.5 Å². The van der Waals surface area contributed by atoms with Crippen molar-refractivity contribution < 1.29 is 17.9 Å². The lowest BCUT2D eigenvalue weighted by atomic mass is 10.0. The summed E-state index contributed by atoms with van der Waals surface area (Å²) >= 11 is 3.47. The molecule has 2 aliphatic rings. The van der Waals surface area contributed by atoms with E-state index in [4.69, 9.17) is 4.74 Å². The van der Waals surface area contributed by atoms with Crippen LogP contribution < -0.4 is 13.9 Å². The molecular weight excluding hydrogens is 516 g/mol. The van der Waals surface area contributed by atoms with Crippen LogP contribution in [0.15, 0.2) is 70.0 Å². The quantitative estimate of drug-likeness (QED) is 0.463. The first-order valence-electron chi connectivity index (χ1n) is 11.3. The normalized spacial score (nSPS) is 15.1. The van der Waals surface area contributed by atoms with Crippen LogP contribution in [0.1, 0.15) is 23.1 Å². The standard InChI is InChI=1S/C26H25BrN2O4S/c1-18-15-22(34(31,32)29-13-4-6-19-5-2-3-7-24(19)29)9-11-25(18)33-17-26(30)28-14-12-20-16-21(27)8-10-23(20)28/h2-3,5,7-11,15-16H,4,6,12-14,17H2,1H3. The molecule has 0 bridgehead atoms. The second-order valence-corrected chi connectivity index (χ2v) is 11.4. The Balaban J connectivity index is 1.31. The fourth-order valence-electron chi connectivity index (χ4n) is 4.67. The maximum Gasteiger partial charge on any atom is 0.264 e. The lowest BCUT2D eigenvalue weighted by Gasteiger charge is -2.30. The molecular formula is C26H25BrN2O4S. The average molecular weight is 541 g/mol. The van der Waals surface area contributed by atoms with E-state index in [1.165, 1.54) is 4.31 Å². The van der Waals surface area contributed by atoms with Crippen LogP contribution in [0.5, 0.6) is 5.75 Å². The second kappa shape index (κ2) is 9.07. The van der Waals surface area contributed by atoms with E-state index in [9.17, 15) is 13.2 Å². The van der Waals surface area contributed by atoms with Crippen LogP contribution in [0.3, 0.4) is 0 Å². The van der Waals surface area contributed by atoms with E-state index in [2.05, 4.69) is 15.9 Å². The van der Waals surface area contributed by atoms with Crippen molar-refractivity contribution in [1.82, 2.24) is 0 Å². The van der Waals surface area contributed by atoms with E-state index in [-0.39, 0.29) is 17.4 Å². The van der Waals surface area contributed by atoms with Crippen molar-refractivity contribution in [3.05, 3.63) is 81.8 Å². The maximum atomic E-state index is 13.4. The maximum absolute atomic E-state index is 13.4. The van der Waals surface area contributed by atoms with Gasteiger partial charge in [-0.25, -0.2) is 8.42 Å². The summed E-state index contributed by atoms with van der Waals surface area (Å²) in [7, 11) is -3.70. The minimum absolute atomic E-state index is 0.109. The lowest BCUT2D eigenvalue weighted by molar-refractivity contribution is -0.120. The molecule has 2 heterocycles. The number of ether oxygens (including phenoxy) is 1. The number of nitrogens with zero attached hydrogens (tertiary/aromatic N) is 2. The highest BCUT2D eigenvalue weighted by Gasteiger charge is 2.29. The highest BCUT2D eigenvalue weighted by Crippen LogP contribution is 2.34. The number of para-hydroxylation sites is 1. The molecule has 0 saturated heterocycles. The first kappa shape index (κ1) is 22.9. The van der Waals surface area contributed by atoms with Crippen molar-refractivity contribution in [2.24, 2.45) is 0 Å². The zero-order valence-corrected chi connectivity index (χ0v) is 21.2. The van der Waals surface area contributed by atoms with Crippen molar-refractivity contribution in [2.75, 3.05) is 28.9 Å².